The molecule has 0 spiro atoms. The van der Waals surface area contributed by atoms with Gasteiger partial charge in [0.25, 0.3) is 5.91 Å². The number of carbonyl (C=O) groups excluding carboxylic acids is 1. The molecular formula is C18H18N2O3. The first-order valence-electron chi connectivity index (χ1n) is 7.36. The van der Waals surface area contributed by atoms with Crippen LogP contribution in [0.15, 0.2) is 53.1 Å². The van der Waals surface area contributed by atoms with Crippen molar-refractivity contribution < 1.29 is 13.9 Å². The van der Waals surface area contributed by atoms with Crippen molar-refractivity contribution in [3.63, 3.8) is 0 Å². The molecule has 0 fully saturated rings. The number of amides is 1. The molecule has 5 nitrogen and oxygen atoms in total. The van der Waals surface area contributed by atoms with Gasteiger partial charge in [0.15, 0.2) is 0 Å². The van der Waals surface area contributed by atoms with Crippen molar-refractivity contribution in [2.45, 2.75) is 13.0 Å². The van der Waals surface area contributed by atoms with Crippen LogP contribution >= 0.6 is 0 Å². The Bertz CT molecular complexity index is 808. The molecule has 2 aromatic heterocycles. The number of hydrogen-bond acceptors (Lipinski definition) is 4. The summed E-state index contributed by atoms with van der Waals surface area (Å²) in [5.41, 5.74) is 1.25. The molecule has 0 N–H and O–H groups in total. The number of benzene rings is 1. The minimum absolute atomic E-state index is 0.164. The van der Waals surface area contributed by atoms with Gasteiger partial charge in [-0.15, -0.1) is 0 Å². The summed E-state index contributed by atoms with van der Waals surface area (Å²) in [6, 6.07) is 13.0. The van der Waals surface area contributed by atoms with Crippen LogP contribution < -0.4 is 4.74 Å². The summed E-state index contributed by atoms with van der Waals surface area (Å²) in [6.45, 7) is 1.93. The normalized spacial score (nSPS) is 12.1. The zero-order chi connectivity index (χ0) is 16.4. The van der Waals surface area contributed by atoms with Gasteiger partial charge < -0.3 is 14.1 Å². The van der Waals surface area contributed by atoms with Crippen molar-refractivity contribution in [3.05, 3.63) is 60.0 Å². The summed E-state index contributed by atoms with van der Waals surface area (Å²) >= 11 is 0. The van der Waals surface area contributed by atoms with Crippen LogP contribution in [0.25, 0.3) is 11.0 Å². The Kier molecular flexibility index (Phi) is 4.02. The number of aromatic nitrogens is 1. The largest absolute Gasteiger partial charge is 0.480 e. The molecule has 0 saturated carbocycles. The number of methoxy groups -OCH3 is 1. The predicted octanol–water partition coefficient (Wildman–Crippen LogP) is 3.67. The van der Waals surface area contributed by atoms with Gasteiger partial charge in [0.05, 0.1) is 13.2 Å². The molecule has 1 unspecified atom stereocenters. The Morgan fingerprint density at radius 1 is 1.26 bits per heavy atom. The second kappa shape index (κ2) is 6.12. The molecule has 3 aromatic rings. The van der Waals surface area contributed by atoms with Gasteiger partial charge in [-0.2, -0.15) is 0 Å². The van der Waals surface area contributed by atoms with Gasteiger partial charge in [0.1, 0.15) is 16.9 Å². The molecule has 118 valence electrons. The van der Waals surface area contributed by atoms with Gasteiger partial charge in [-0.25, -0.2) is 4.98 Å². The molecule has 0 aliphatic heterocycles. The minimum atomic E-state index is -0.209. The van der Waals surface area contributed by atoms with Crippen LogP contribution in [-0.2, 0) is 0 Å². The molecule has 0 saturated heterocycles. The molecule has 3 rings (SSSR count). The maximum Gasteiger partial charge on any atom is 0.259 e. The van der Waals surface area contributed by atoms with Crippen LogP contribution in [0.3, 0.4) is 0 Å². The summed E-state index contributed by atoms with van der Waals surface area (Å²) in [5.74, 6) is 0.897. The summed E-state index contributed by atoms with van der Waals surface area (Å²) < 4.78 is 11.0. The van der Waals surface area contributed by atoms with Crippen LogP contribution in [0.1, 0.15) is 29.1 Å². The Morgan fingerprint density at radius 2 is 2.04 bits per heavy atom. The summed E-state index contributed by atoms with van der Waals surface area (Å²) in [4.78, 5) is 18.4. The smallest absolute Gasteiger partial charge is 0.259 e. The van der Waals surface area contributed by atoms with Gasteiger partial charge in [-0.3, -0.25) is 4.79 Å². The molecule has 1 aromatic carbocycles. The molecule has 1 atom stereocenters. The van der Waals surface area contributed by atoms with Gasteiger partial charge in [0.2, 0.25) is 5.88 Å². The maximum absolute atomic E-state index is 12.7. The van der Waals surface area contributed by atoms with Gasteiger partial charge in [-0.1, -0.05) is 18.2 Å². The number of rotatable bonds is 4. The number of nitrogens with zero attached hydrogens (tertiary/aromatic N) is 2. The lowest BCUT2D eigenvalue weighted by atomic mass is 10.1. The molecule has 0 bridgehead atoms. The Labute approximate surface area is 134 Å². The average molecular weight is 310 g/mol. The van der Waals surface area contributed by atoms with Crippen molar-refractivity contribution in [1.29, 1.82) is 0 Å². The van der Waals surface area contributed by atoms with Crippen molar-refractivity contribution in [2.24, 2.45) is 0 Å². The third-order valence-electron chi connectivity index (χ3n) is 3.95. The molecule has 0 radical (unpaired) electrons. The number of pyridine rings is 1. The average Bonchev–Trinajstić information content (AvgIpc) is 3.03. The molecule has 23 heavy (non-hydrogen) atoms. The Morgan fingerprint density at radius 3 is 2.78 bits per heavy atom. The highest BCUT2D eigenvalue weighted by Gasteiger charge is 2.24. The summed E-state index contributed by atoms with van der Waals surface area (Å²) in [6.07, 6.45) is 1.60. The van der Waals surface area contributed by atoms with E-state index in [1.165, 1.54) is 7.11 Å². The van der Waals surface area contributed by atoms with Crippen LogP contribution in [0.4, 0.5) is 0 Å². The fourth-order valence-electron chi connectivity index (χ4n) is 2.48. The van der Waals surface area contributed by atoms with Crippen molar-refractivity contribution >= 4 is 16.9 Å². The fraction of sp³-hybridized carbons (Fsp3) is 0.222. The van der Waals surface area contributed by atoms with Gasteiger partial charge in [0, 0.05) is 18.6 Å². The van der Waals surface area contributed by atoms with E-state index in [9.17, 15) is 4.79 Å². The van der Waals surface area contributed by atoms with E-state index >= 15 is 0 Å². The molecule has 5 heteroatoms. The van der Waals surface area contributed by atoms with Gasteiger partial charge in [-0.05, 0) is 31.2 Å². The second-order valence-electron chi connectivity index (χ2n) is 5.34. The van der Waals surface area contributed by atoms with Crippen LogP contribution in [0.2, 0.25) is 0 Å². The highest BCUT2D eigenvalue weighted by molar-refractivity contribution is 5.96. The van der Waals surface area contributed by atoms with Crippen molar-refractivity contribution in [2.75, 3.05) is 14.2 Å². The first-order valence-corrected chi connectivity index (χ1v) is 7.36. The number of hydrogen-bond donors (Lipinski definition) is 0. The monoisotopic (exact) mass is 310 g/mol. The van der Waals surface area contributed by atoms with E-state index in [0.717, 1.165) is 16.7 Å². The number of carbonyl (C=O) groups is 1. The molecule has 0 aliphatic carbocycles. The van der Waals surface area contributed by atoms with Crippen molar-refractivity contribution in [1.82, 2.24) is 9.88 Å². The first kappa shape index (κ1) is 15.1. The minimum Gasteiger partial charge on any atom is -0.480 e. The SMILES string of the molecule is COc1ncccc1C(=O)N(C)C(C)c1cc2ccccc2o1. The number of furan rings is 1. The standard InChI is InChI=1S/C18H18N2O3/c1-12(16-11-13-7-4-5-9-15(13)23-16)20(2)18(21)14-8-6-10-19-17(14)22-3/h4-12H,1-3H3. The van der Waals surface area contributed by atoms with Crippen LogP contribution in [0.5, 0.6) is 5.88 Å². The topological polar surface area (TPSA) is 55.6 Å². The van der Waals surface area contributed by atoms with E-state index in [1.807, 2.05) is 37.3 Å². The number of para-hydroxylation sites is 1. The van der Waals surface area contributed by atoms with Gasteiger partial charge >= 0.3 is 0 Å². The lowest BCUT2D eigenvalue weighted by molar-refractivity contribution is 0.0723. The fourth-order valence-corrected chi connectivity index (χ4v) is 2.48. The zero-order valence-corrected chi connectivity index (χ0v) is 13.3. The molecule has 2 heterocycles. The van der Waals surface area contributed by atoms with E-state index in [-0.39, 0.29) is 11.9 Å². The Balaban J connectivity index is 1.89. The molecule has 1 amide bonds. The summed E-state index contributed by atoms with van der Waals surface area (Å²) in [5, 5.41) is 1.02. The zero-order valence-electron chi connectivity index (χ0n) is 13.3. The second-order valence-corrected chi connectivity index (χ2v) is 5.34. The molecule has 0 aliphatic rings. The first-order chi connectivity index (χ1) is 11.1. The highest BCUT2D eigenvalue weighted by Crippen LogP contribution is 2.28. The number of ether oxygens (including phenoxy) is 1. The highest BCUT2D eigenvalue weighted by atomic mass is 16.5. The van der Waals surface area contributed by atoms with Crippen LogP contribution in [0, 0.1) is 0 Å². The maximum atomic E-state index is 12.7. The van der Waals surface area contributed by atoms with E-state index in [4.69, 9.17) is 9.15 Å². The van der Waals surface area contributed by atoms with E-state index < -0.39 is 0 Å². The van der Waals surface area contributed by atoms with E-state index in [0.29, 0.717) is 11.4 Å². The predicted molar refractivity (Wildman–Crippen MR) is 87.5 cm³/mol. The van der Waals surface area contributed by atoms with E-state index in [2.05, 4.69) is 4.98 Å². The third-order valence-corrected chi connectivity index (χ3v) is 3.95. The quantitative estimate of drug-likeness (QED) is 0.738. The van der Waals surface area contributed by atoms with Crippen LogP contribution in [-0.4, -0.2) is 29.9 Å². The summed E-state index contributed by atoms with van der Waals surface area (Å²) in [7, 11) is 3.24. The number of fused-ring (bicyclic) bond motifs is 1. The van der Waals surface area contributed by atoms with Crippen molar-refractivity contribution in [3.8, 4) is 5.88 Å². The third kappa shape index (κ3) is 2.77. The van der Waals surface area contributed by atoms with E-state index in [1.54, 1.807) is 30.3 Å². The lowest BCUT2D eigenvalue weighted by Crippen LogP contribution is -2.29. The Hall–Kier alpha value is -2.82. The lowest BCUT2D eigenvalue weighted by Gasteiger charge is -2.23. The molecular weight excluding hydrogens is 292 g/mol.